The average Bonchev–Trinajstić information content (AvgIpc) is 2.67. The second-order valence-electron chi connectivity index (χ2n) is 3.92. The first-order chi connectivity index (χ1) is 8.65. The molecular weight excluding hydrogens is 296 g/mol. The largest absolute Gasteiger partial charge is 0.508 e. The Balaban J connectivity index is 2.28. The normalized spacial score (nSPS) is 10.9. The number of phenols is 1. The van der Waals surface area contributed by atoms with Gasteiger partial charge in [0.05, 0.1) is 11.7 Å². The van der Waals surface area contributed by atoms with Gasteiger partial charge in [-0.2, -0.15) is 0 Å². The zero-order valence-corrected chi connectivity index (χ0v) is 10.8. The van der Waals surface area contributed by atoms with Gasteiger partial charge < -0.3 is 10.2 Å². The topological polar surface area (TPSA) is 57.8 Å². The fraction of sp³-hybridized carbons (Fsp3) is 0. The fourth-order valence-electron chi connectivity index (χ4n) is 1.85. The molecule has 0 radical (unpaired) electrons. The van der Waals surface area contributed by atoms with E-state index in [1.54, 1.807) is 47.0 Å². The highest BCUT2D eigenvalue weighted by molar-refractivity contribution is 9.10. The summed E-state index contributed by atoms with van der Waals surface area (Å²) >= 11 is 3.39. The third-order valence-corrected chi connectivity index (χ3v) is 3.29. The highest BCUT2D eigenvalue weighted by atomic mass is 79.9. The molecule has 0 saturated heterocycles. The molecule has 3 rings (SSSR count). The van der Waals surface area contributed by atoms with Crippen LogP contribution in [0.2, 0.25) is 0 Å². The maximum atomic E-state index is 9.55. The van der Waals surface area contributed by atoms with Gasteiger partial charge in [0.2, 0.25) is 0 Å². The van der Waals surface area contributed by atoms with Crippen molar-refractivity contribution < 1.29 is 10.2 Å². The second-order valence-corrected chi connectivity index (χ2v) is 4.67. The lowest BCUT2D eigenvalue weighted by atomic mass is 10.2. The van der Waals surface area contributed by atoms with Crippen molar-refractivity contribution in [2.24, 2.45) is 0 Å². The summed E-state index contributed by atoms with van der Waals surface area (Å²) in [6, 6.07) is 10.2. The first-order valence-corrected chi connectivity index (χ1v) is 6.10. The summed E-state index contributed by atoms with van der Waals surface area (Å²) in [4.78, 5) is 4.42. The van der Waals surface area contributed by atoms with Crippen molar-refractivity contribution in [3.05, 3.63) is 47.2 Å². The maximum absolute atomic E-state index is 9.55. The van der Waals surface area contributed by atoms with E-state index in [1.165, 1.54) is 0 Å². The molecule has 1 aromatic carbocycles. The van der Waals surface area contributed by atoms with Crippen LogP contribution in [0.15, 0.2) is 47.2 Å². The summed E-state index contributed by atoms with van der Waals surface area (Å²) in [5.41, 5.74) is 1.73. The van der Waals surface area contributed by atoms with Crippen molar-refractivity contribution in [1.29, 1.82) is 0 Å². The van der Waals surface area contributed by atoms with Crippen LogP contribution in [0.3, 0.4) is 0 Å². The van der Waals surface area contributed by atoms with Gasteiger partial charge in [0.15, 0.2) is 0 Å². The Morgan fingerprint density at radius 3 is 2.33 bits per heavy atom. The molecule has 2 N–H and O–H groups in total. The summed E-state index contributed by atoms with van der Waals surface area (Å²) in [6.07, 6.45) is 1.61. The van der Waals surface area contributed by atoms with E-state index in [-0.39, 0.29) is 11.5 Å². The number of nitrogens with zero attached hydrogens (tertiary/aromatic N) is 2. The molecule has 2 heterocycles. The van der Waals surface area contributed by atoms with Gasteiger partial charge in [0.1, 0.15) is 21.9 Å². The van der Waals surface area contributed by atoms with E-state index in [1.807, 2.05) is 0 Å². The van der Waals surface area contributed by atoms with E-state index in [0.29, 0.717) is 10.4 Å². The van der Waals surface area contributed by atoms with Crippen molar-refractivity contribution in [3.63, 3.8) is 0 Å². The Morgan fingerprint density at radius 1 is 0.944 bits per heavy atom. The number of pyridine rings is 1. The minimum Gasteiger partial charge on any atom is -0.508 e. The number of hydrogen-bond acceptors (Lipinski definition) is 3. The Morgan fingerprint density at radius 2 is 1.61 bits per heavy atom. The Bertz CT molecular complexity index is 720. The Hall–Kier alpha value is -2.01. The van der Waals surface area contributed by atoms with Crippen molar-refractivity contribution in [1.82, 2.24) is 9.38 Å². The van der Waals surface area contributed by atoms with Gasteiger partial charge in [-0.05, 0) is 52.3 Å². The number of rotatable bonds is 1. The first-order valence-electron chi connectivity index (χ1n) is 5.31. The van der Waals surface area contributed by atoms with Crippen LogP contribution in [0.5, 0.6) is 11.5 Å². The van der Waals surface area contributed by atoms with Gasteiger partial charge in [-0.3, -0.25) is 4.40 Å². The van der Waals surface area contributed by atoms with Crippen LogP contribution in [0, 0.1) is 0 Å². The van der Waals surface area contributed by atoms with E-state index in [0.717, 1.165) is 11.1 Å². The van der Waals surface area contributed by atoms with Gasteiger partial charge in [0, 0.05) is 5.56 Å². The lowest BCUT2D eigenvalue weighted by Crippen LogP contribution is -1.88. The molecule has 0 aliphatic rings. The maximum Gasteiger partial charge on any atom is 0.146 e. The van der Waals surface area contributed by atoms with Crippen LogP contribution in [0.25, 0.3) is 16.9 Å². The van der Waals surface area contributed by atoms with E-state index in [9.17, 15) is 10.2 Å². The van der Waals surface area contributed by atoms with Crippen LogP contribution in [0.4, 0.5) is 0 Å². The minimum atomic E-state index is 0.174. The molecular formula is C13H9BrN2O2. The van der Waals surface area contributed by atoms with Gasteiger partial charge >= 0.3 is 0 Å². The molecule has 90 valence electrons. The zero-order valence-electron chi connectivity index (χ0n) is 9.21. The summed E-state index contributed by atoms with van der Waals surface area (Å²) in [6.45, 7) is 0. The van der Waals surface area contributed by atoms with Crippen LogP contribution < -0.4 is 0 Å². The van der Waals surface area contributed by atoms with Gasteiger partial charge in [-0.15, -0.1) is 0 Å². The van der Waals surface area contributed by atoms with Gasteiger partial charge in [-0.25, -0.2) is 4.98 Å². The Labute approximate surface area is 111 Å². The minimum absolute atomic E-state index is 0.174. The van der Waals surface area contributed by atoms with Crippen LogP contribution in [-0.4, -0.2) is 19.6 Å². The highest BCUT2D eigenvalue weighted by Gasteiger charge is 2.11. The second kappa shape index (κ2) is 4.03. The predicted octanol–water partition coefficient (Wildman–Crippen LogP) is 3.18. The van der Waals surface area contributed by atoms with Crippen LogP contribution in [-0.2, 0) is 0 Å². The third kappa shape index (κ3) is 1.73. The Kier molecular flexibility index (Phi) is 2.48. The molecule has 0 spiro atoms. The fourth-order valence-corrected chi connectivity index (χ4v) is 2.34. The number of halogens is 1. The summed E-state index contributed by atoms with van der Waals surface area (Å²) in [5, 5.41) is 18.8. The molecule has 3 aromatic rings. The van der Waals surface area contributed by atoms with Crippen molar-refractivity contribution >= 4 is 21.4 Å². The predicted molar refractivity (Wildman–Crippen MR) is 71.7 cm³/mol. The van der Waals surface area contributed by atoms with Crippen LogP contribution in [0.1, 0.15) is 0 Å². The summed E-state index contributed by atoms with van der Waals surface area (Å²) in [7, 11) is 0. The smallest absolute Gasteiger partial charge is 0.146 e. The molecule has 0 aliphatic carbocycles. The van der Waals surface area contributed by atoms with Gasteiger partial charge in [0.25, 0.3) is 0 Å². The molecule has 0 aliphatic heterocycles. The molecule has 5 heteroatoms. The average molecular weight is 305 g/mol. The SMILES string of the molecule is Oc1ccc(-c2nc(Br)c3ccc(O)cn23)cc1. The first kappa shape index (κ1) is 11.1. The number of aromatic hydroxyl groups is 2. The van der Waals surface area contributed by atoms with Crippen molar-refractivity contribution in [2.45, 2.75) is 0 Å². The van der Waals surface area contributed by atoms with Crippen molar-refractivity contribution in [2.75, 3.05) is 0 Å². The quantitative estimate of drug-likeness (QED) is 0.726. The standard InChI is InChI=1S/C13H9BrN2O2/c14-12-11-6-5-10(18)7-16(11)13(15-12)8-1-3-9(17)4-2-8/h1-7,17-18H. The molecule has 0 unspecified atom stereocenters. The van der Waals surface area contributed by atoms with E-state index in [4.69, 9.17) is 0 Å². The highest BCUT2D eigenvalue weighted by Crippen LogP contribution is 2.28. The number of aromatic nitrogens is 2. The summed E-state index contributed by atoms with van der Waals surface area (Å²) < 4.78 is 2.51. The number of phenolic OH excluding ortho intramolecular Hbond substituents is 1. The number of imidazole rings is 1. The molecule has 0 fully saturated rings. The zero-order chi connectivity index (χ0) is 12.7. The third-order valence-electron chi connectivity index (χ3n) is 2.70. The monoisotopic (exact) mass is 304 g/mol. The molecule has 0 atom stereocenters. The van der Waals surface area contributed by atoms with Crippen LogP contribution >= 0.6 is 15.9 Å². The molecule has 0 amide bonds. The van der Waals surface area contributed by atoms with E-state index >= 15 is 0 Å². The molecule has 18 heavy (non-hydrogen) atoms. The van der Waals surface area contributed by atoms with Crippen molar-refractivity contribution in [3.8, 4) is 22.9 Å². The number of fused-ring (bicyclic) bond motifs is 1. The van der Waals surface area contributed by atoms with E-state index in [2.05, 4.69) is 20.9 Å². The number of benzene rings is 1. The molecule has 0 saturated carbocycles. The molecule has 4 nitrogen and oxygen atoms in total. The molecule has 0 bridgehead atoms. The number of hydrogen-bond donors (Lipinski definition) is 2. The lowest BCUT2D eigenvalue weighted by molar-refractivity contribution is 0.472. The molecule has 2 aromatic heterocycles. The van der Waals surface area contributed by atoms with E-state index < -0.39 is 0 Å². The summed E-state index contributed by atoms with van der Waals surface area (Å²) in [5.74, 6) is 1.08. The van der Waals surface area contributed by atoms with Gasteiger partial charge in [-0.1, -0.05) is 0 Å². The lowest BCUT2D eigenvalue weighted by Gasteiger charge is -2.02.